The molecule has 0 aliphatic carbocycles. The molecule has 0 saturated carbocycles. The van der Waals surface area contributed by atoms with E-state index in [-0.39, 0.29) is 0 Å². The average molecular weight is 349 g/mol. The first-order valence-electron chi connectivity index (χ1n) is 9.15. The molecule has 5 aromatic rings. The van der Waals surface area contributed by atoms with Crippen molar-refractivity contribution < 1.29 is 4.42 Å². The van der Waals surface area contributed by atoms with E-state index in [4.69, 9.17) is 4.42 Å². The first-order valence-corrected chi connectivity index (χ1v) is 9.15. The maximum Gasteiger partial charge on any atom is 0.144 e. The van der Waals surface area contributed by atoms with E-state index in [0.29, 0.717) is 0 Å². The highest BCUT2D eigenvalue weighted by molar-refractivity contribution is 6.10. The minimum absolute atomic E-state index is 0.897. The van der Waals surface area contributed by atoms with Crippen LogP contribution in [-0.2, 0) is 0 Å². The largest absolute Gasteiger partial charge is 0.455 e. The molecule has 0 N–H and O–H groups in total. The summed E-state index contributed by atoms with van der Waals surface area (Å²) in [5.41, 5.74) is 8.57. The summed E-state index contributed by atoms with van der Waals surface area (Å²) in [6.45, 7) is 4.20. The monoisotopic (exact) mass is 349 g/mol. The Bertz CT molecular complexity index is 1280. The fourth-order valence-electron chi connectivity index (χ4n) is 3.58. The van der Waals surface area contributed by atoms with Crippen LogP contribution in [-0.4, -0.2) is 4.98 Å². The molecule has 0 atom stereocenters. The first-order chi connectivity index (χ1) is 13.2. The summed E-state index contributed by atoms with van der Waals surface area (Å²) >= 11 is 0. The second kappa shape index (κ2) is 6.10. The Hall–Kier alpha value is -3.39. The van der Waals surface area contributed by atoms with Gasteiger partial charge in [-0.15, -0.1) is 0 Å². The van der Waals surface area contributed by atoms with Crippen molar-refractivity contribution in [3.8, 4) is 22.4 Å². The van der Waals surface area contributed by atoms with Crippen LogP contribution in [0.5, 0.6) is 0 Å². The number of para-hydroxylation sites is 1. The normalized spacial score (nSPS) is 11.3. The van der Waals surface area contributed by atoms with Gasteiger partial charge in [0.15, 0.2) is 0 Å². The Labute approximate surface area is 158 Å². The summed E-state index contributed by atoms with van der Waals surface area (Å²) in [6.07, 6.45) is 1.93. The topological polar surface area (TPSA) is 26.0 Å². The average Bonchev–Trinajstić information content (AvgIpc) is 3.08. The minimum atomic E-state index is 0.897. The smallest absolute Gasteiger partial charge is 0.144 e. The van der Waals surface area contributed by atoms with Gasteiger partial charge in [0, 0.05) is 22.5 Å². The standard InChI is InChI=1S/C25H19NO/c1-16-13-23(26-15-17(16)2)22-10-6-9-21-20-12-11-19(14-24(20)27-25(21)22)18-7-4-3-5-8-18/h3-15H,1-2H3. The summed E-state index contributed by atoms with van der Waals surface area (Å²) < 4.78 is 6.33. The SMILES string of the molecule is Cc1cnc(-c2cccc3c2oc2cc(-c4ccccc4)ccc23)cc1C. The molecule has 0 spiro atoms. The molecule has 0 unspecified atom stereocenters. The third-order valence-corrected chi connectivity index (χ3v) is 5.25. The van der Waals surface area contributed by atoms with Crippen LogP contribution < -0.4 is 0 Å². The third kappa shape index (κ3) is 2.61. The summed E-state index contributed by atoms with van der Waals surface area (Å²) in [6, 6.07) is 25.2. The van der Waals surface area contributed by atoms with E-state index >= 15 is 0 Å². The zero-order chi connectivity index (χ0) is 18.4. The lowest BCUT2D eigenvalue weighted by Crippen LogP contribution is -1.88. The molecule has 2 nitrogen and oxygen atoms in total. The molecular formula is C25H19NO. The molecule has 2 heteroatoms. The number of hydrogen-bond donors (Lipinski definition) is 0. The highest BCUT2D eigenvalue weighted by atomic mass is 16.3. The van der Waals surface area contributed by atoms with Gasteiger partial charge in [-0.05, 0) is 60.4 Å². The number of benzene rings is 3. The van der Waals surface area contributed by atoms with Crippen LogP contribution in [0.4, 0.5) is 0 Å². The van der Waals surface area contributed by atoms with Gasteiger partial charge in [-0.25, -0.2) is 0 Å². The Morgan fingerprint density at radius 3 is 2.37 bits per heavy atom. The van der Waals surface area contributed by atoms with Gasteiger partial charge in [0.2, 0.25) is 0 Å². The van der Waals surface area contributed by atoms with Crippen molar-refractivity contribution in [1.29, 1.82) is 0 Å². The summed E-state index contributed by atoms with van der Waals surface area (Å²) in [5, 5.41) is 2.26. The number of hydrogen-bond acceptors (Lipinski definition) is 2. The molecule has 0 saturated heterocycles. The van der Waals surface area contributed by atoms with Gasteiger partial charge in [-0.1, -0.05) is 48.5 Å². The Morgan fingerprint density at radius 1 is 0.704 bits per heavy atom. The fraction of sp³-hybridized carbons (Fsp3) is 0.0800. The molecule has 0 bridgehead atoms. The van der Waals surface area contributed by atoms with Gasteiger partial charge in [0.25, 0.3) is 0 Å². The molecule has 3 aromatic carbocycles. The minimum Gasteiger partial charge on any atom is -0.455 e. The van der Waals surface area contributed by atoms with Crippen LogP contribution in [0.25, 0.3) is 44.3 Å². The number of furan rings is 1. The lowest BCUT2D eigenvalue weighted by Gasteiger charge is -2.05. The first kappa shape index (κ1) is 15.8. The van der Waals surface area contributed by atoms with Gasteiger partial charge < -0.3 is 4.42 Å². The van der Waals surface area contributed by atoms with E-state index < -0.39 is 0 Å². The molecule has 27 heavy (non-hydrogen) atoms. The van der Waals surface area contributed by atoms with Crippen molar-refractivity contribution in [2.45, 2.75) is 13.8 Å². The van der Waals surface area contributed by atoms with Crippen LogP contribution in [0.15, 0.2) is 83.4 Å². The van der Waals surface area contributed by atoms with E-state index in [9.17, 15) is 0 Å². The molecule has 0 radical (unpaired) electrons. The van der Waals surface area contributed by atoms with E-state index in [2.05, 4.69) is 85.6 Å². The van der Waals surface area contributed by atoms with E-state index in [1.807, 2.05) is 12.3 Å². The second-order valence-corrected chi connectivity index (χ2v) is 7.02. The predicted molar refractivity (Wildman–Crippen MR) is 112 cm³/mol. The van der Waals surface area contributed by atoms with E-state index in [1.54, 1.807) is 0 Å². The number of fused-ring (bicyclic) bond motifs is 3. The van der Waals surface area contributed by atoms with Crippen LogP contribution in [0.1, 0.15) is 11.1 Å². The van der Waals surface area contributed by atoms with Gasteiger partial charge in [-0.2, -0.15) is 0 Å². The van der Waals surface area contributed by atoms with Gasteiger partial charge in [-0.3, -0.25) is 4.98 Å². The molecular weight excluding hydrogens is 330 g/mol. The highest BCUT2D eigenvalue weighted by Crippen LogP contribution is 2.37. The van der Waals surface area contributed by atoms with Crippen LogP contribution >= 0.6 is 0 Å². The van der Waals surface area contributed by atoms with Crippen LogP contribution in [0, 0.1) is 13.8 Å². The van der Waals surface area contributed by atoms with E-state index in [1.165, 1.54) is 16.7 Å². The van der Waals surface area contributed by atoms with Crippen molar-refractivity contribution in [2.24, 2.45) is 0 Å². The molecule has 0 aliphatic heterocycles. The second-order valence-electron chi connectivity index (χ2n) is 7.02. The van der Waals surface area contributed by atoms with Crippen molar-refractivity contribution in [3.63, 3.8) is 0 Å². The van der Waals surface area contributed by atoms with E-state index in [0.717, 1.165) is 38.8 Å². The van der Waals surface area contributed by atoms with Crippen molar-refractivity contribution in [2.75, 3.05) is 0 Å². The Kier molecular flexibility index (Phi) is 3.58. The lowest BCUT2D eigenvalue weighted by molar-refractivity contribution is 0.670. The maximum absolute atomic E-state index is 6.33. The zero-order valence-electron chi connectivity index (χ0n) is 15.4. The number of aromatic nitrogens is 1. The Morgan fingerprint density at radius 2 is 1.56 bits per heavy atom. The van der Waals surface area contributed by atoms with Gasteiger partial charge >= 0.3 is 0 Å². The molecule has 130 valence electrons. The number of nitrogens with zero attached hydrogens (tertiary/aromatic N) is 1. The summed E-state index contributed by atoms with van der Waals surface area (Å²) in [5.74, 6) is 0. The number of pyridine rings is 1. The predicted octanol–water partition coefficient (Wildman–Crippen LogP) is 6.93. The molecule has 0 amide bonds. The van der Waals surface area contributed by atoms with Crippen LogP contribution in [0.2, 0.25) is 0 Å². The fourth-order valence-corrected chi connectivity index (χ4v) is 3.58. The molecule has 2 aromatic heterocycles. The maximum atomic E-state index is 6.33. The summed E-state index contributed by atoms with van der Waals surface area (Å²) in [4.78, 5) is 4.63. The van der Waals surface area contributed by atoms with Crippen molar-refractivity contribution in [3.05, 3.63) is 90.1 Å². The zero-order valence-corrected chi connectivity index (χ0v) is 15.4. The molecule has 0 aliphatic rings. The van der Waals surface area contributed by atoms with Crippen molar-refractivity contribution in [1.82, 2.24) is 4.98 Å². The molecule has 5 rings (SSSR count). The number of rotatable bonds is 2. The van der Waals surface area contributed by atoms with Crippen molar-refractivity contribution >= 4 is 21.9 Å². The molecule has 0 fully saturated rings. The lowest BCUT2D eigenvalue weighted by atomic mass is 10.0. The third-order valence-electron chi connectivity index (χ3n) is 5.25. The van der Waals surface area contributed by atoms with Crippen LogP contribution in [0.3, 0.4) is 0 Å². The quantitative estimate of drug-likeness (QED) is 0.345. The summed E-state index contributed by atoms with van der Waals surface area (Å²) in [7, 11) is 0. The van der Waals surface area contributed by atoms with Gasteiger partial charge in [0.1, 0.15) is 11.2 Å². The molecule has 2 heterocycles. The highest BCUT2D eigenvalue weighted by Gasteiger charge is 2.14. The Balaban J connectivity index is 1.73. The van der Waals surface area contributed by atoms with Gasteiger partial charge in [0.05, 0.1) is 5.69 Å². The number of aryl methyl sites for hydroxylation is 2.